The predicted octanol–water partition coefficient (Wildman–Crippen LogP) is 8.10. The normalized spacial score (nSPS) is 18.9. The van der Waals surface area contributed by atoms with Crippen molar-refractivity contribution in [2.45, 2.75) is 142 Å². The van der Waals surface area contributed by atoms with Gasteiger partial charge >= 0.3 is 18.0 Å². The first kappa shape index (κ1) is 50.1. The molecule has 2 aromatic rings. The maximum Gasteiger partial charge on any atom is 0.410 e. The molecule has 0 radical (unpaired) electrons. The average Bonchev–Trinajstić information content (AvgIpc) is 3.69. The minimum Gasteiger partial charge on any atom is -0.482 e. The number of amides is 1. The zero-order valence-electron chi connectivity index (χ0n) is 36.7. The first-order valence-electron chi connectivity index (χ1n) is 20.9. The van der Waals surface area contributed by atoms with Gasteiger partial charge in [-0.2, -0.15) is 0 Å². The van der Waals surface area contributed by atoms with Gasteiger partial charge in [0.15, 0.2) is 13.2 Å². The number of carbonyl (C=O) groups is 3. The monoisotopic (exact) mass is 864 g/mol. The number of nitrogens with one attached hydrogen (secondary N) is 1. The molecular formula is C45H70Cl2N4O8. The Morgan fingerprint density at radius 1 is 0.661 bits per heavy atom. The Hall–Kier alpha value is -3.29. The minimum atomic E-state index is -0.937. The molecular weight excluding hydrogens is 795 g/mol. The first-order chi connectivity index (χ1) is 26.9. The van der Waals surface area contributed by atoms with E-state index in [0.29, 0.717) is 24.4 Å². The number of carboxylic acids is 1. The Morgan fingerprint density at radius 2 is 1.12 bits per heavy atom. The van der Waals surface area contributed by atoms with Crippen molar-refractivity contribution in [1.29, 1.82) is 0 Å². The van der Waals surface area contributed by atoms with Gasteiger partial charge in [0, 0.05) is 48.4 Å². The molecule has 14 heteroatoms. The predicted molar refractivity (Wildman–Crippen MR) is 235 cm³/mol. The van der Waals surface area contributed by atoms with Gasteiger partial charge in [-0.1, -0.05) is 24.3 Å². The zero-order chi connectivity index (χ0) is 41.4. The Morgan fingerprint density at radius 3 is 1.58 bits per heavy atom. The average molecular weight is 866 g/mol. The lowest BCUT2D eigenvalue weighted by atomic mass is 9.85. The second-order valence-corrected chi connectivity index (χ2v) is 18.5. The molecule has 0 aromatic heterocycles. The van der Waals surface area contributed by atoms with Crippen LogP contribution in [0.1, 0.15) is 115 Å². The highest BCUT2D eigenvalue weighted by atomic mass is 35.5. The van der Waals surface area contributed by atoms with Crippen molar-refractivity contribution >= 4 is 42.8 Å². The van der Waals surface area contributed by atoms with Gasteiger partial charge in [-0.15, -0.1) is 24.8 Å². The van der Waals surface area contributed by atoms with Crippen LogP contribution in [0.2, 0.25) is 0 Å². The molecule has 4 aliphatic heterocycles. The number of carboxylic acid groups (broad SMARTS) is 1. The molecule has 2 N–H and O–H groups in total. The number of ether oxygens (including phenoxy) is 4. The Balaban J connectivity index is 0.000000326. The summed E-state index contributed by atoms with van der Waals surface area (Å²) in [4.78, 5) is 42.5. The summed E-state index contributed by atoms with van der Waals surface area (Å²) >= 11 is 0. The maximum absolute atomic E-state index is 12.5. The van der Waals surface area contributed by atoms with Crippen LogP contribution < -0.4 is 14.8 Å². The molecule has 4 aliphatic rings. The standard InChI is InChI=1S/C27H42N2O5.C18H26N2O3.2ClH/c1-20-9-10-21(22(17-20)32-19-23(30)33-25(2,3)4)18-29-14-8-11-27(29)12-15-28(16-13-27)24(31)34-26(5,6)7;1-14-3-4-15(16(11-14)23-13-17(21)22)12-20-10-2-5-18(20)6-8-19-9-7-18;;/h9-10,17H,8,11-16,18-19H2,1-7H3;3-4,11,19H,2,5-10,12-13H2,1H3,(H,21,22);2*1H. The van der Waals surface area contributed by atoms with Gasteiger partial charge in [-0.3, -0.25) is 9.80 Å². The second kappa shape index (κ2) is 21.5. The fraction of sp³-hybridized carbons (Fsp3) is 0.667. The van der Waals surface area contributed by atoms with Gasteiger partial charge in [0.2, 0.25) is 0 Å². The summed E-state index contributed by atoms with van der Waals surface area (Å²) in [6.45, 7) is 22.2. The minimum absolute atomic E-state index is 0. The number of benzene rings is 2. The molecule has 1 amide bonds. The third-order valence-electron chi connectivity index (χ3n) is 11.6. The molecule has 59 heavy (non-hydrogen) atoms. The number of aryl methyl sites for hydroxylation is 2. The van der Waals surface area contributed by atoms with Crippen LogP contribution in [0.3, 0.4) is 0 Å². The number of esters is 1. The highest BCUT2D eigenvalue weighted by molar-refractivity contribution is 5.85. The van der Waals surface area contributed by atoms with Gasteiger partial charge in [0.05, 0.1) is 0 Å². The lowest BCUT2D eigenvalue weighted by molar-refractivity contribution is -0.157. The Kier molecular flexibility index (Phi) is 18.2. The van der Waals surface area contributed by atoms with Gasteiger partial charge in [-0.05, 0) is 156 Å². The SMILES string of the molecule is Cc1ccc(CN2CCCC23CCN(C(=O)OC(C)(C)C)CC3)c(OCC(=O)OC(C)(C)C)c1.Cc1ccc(CN2CCCC23CCNCC3)c(OCC(=O)O)c1.Cl.Cl. The van der Waals surface area contributed by atoms with Gasteiger partial charge in [0.1, 0.15) is 22.7 Å². The molecule has 4 fully saturated rings. The molecule has 4 heterocycles. The van der Waals surface area contributed by atoms with Gasteiger partial charge in [0.25, 0.3) is 0 Å². The first-order valence-corrected chi connectivity index (χ1v) is 20.9. The number of likely N-dealkylation sites (tertiary alicyclic amines) is 3. The molecule has 0 atom stereocenters. The van der Waals surface area contributed by atoms with E-state index >= 15 is 0 Å². The maximum atomic E-state index is 12.5. The Bertz CT molecular complexity index is 1700. The summed E-state index contributed by atoms with van der Waals surface area (Å²) in [5.74, 6) is 0.142. The molecule has 0 bridgehead atoms. The Labute approximate surface area is 364 Å². The van der Waals surface area contributed by atoms with E-state index in [-0.39, 0.29) is 55.6 Å². The van der Waals surface area contributed by atoms with Gasteiger partial charge in [-0.25, -0.2) is 14.4 Å². The largest absolute Gasteiger partial charge is 0.482 e. The number of nitrogens with zero attached hydrogens (tertiary/aromatic N) is 3. The van der Waals surface area contributed by atoms with Crippen LogP contribution in [-0.4, -0.2) is 113 Å². The molecule has 2 aromatic carbocycles. The van der Waals surface area contributed by atoms with E-state index in [1.165, 1.54) is 25.7 Å². The highest BCUT2D eigenvalue weighted by Gasteiger charge is 2.45. The molecule has 0 saturated carbocycles. The molecule has 0 unspecified atom stereocenters. The molecule has 2 spiro atoms. The fourth-order valence-electron chi connectivity index (χ4n) is 8.85. The van der Waals surface area contributed by atoms with Crippen LogP contribution in [0.25, 0.3) is 0 Å². The van der Waals surface area contributed by atoms with Crippen molar-refractivity contribution in [1.82, 2.24) is 20.0 Å². The number of piperidine rings is 2. The van der Waals surface area contributed by atoms with Crippen LogP contribution in [0.4, 0.5) is 4.79 Å². The van der Waals surface area contributed by atoms with Crippen molar-refractivity contribution in [3.8, 4) is 11.5 Å². The lowest BCUT2D eigenvalue weighted by Gasteiger charge is -2.45. The number of hydrogen-bond donors (Lipinski definition) is 2. The zero-order valence-corrected chi connectivity index (χ0v) is 38.3. The molecule has 332 valence electrons. The molecule has 0 aliphatic carbocycles. The van der Waals surface area contributed by atoms with Crippen LogP contribution >= 0.6 is 24.8 Å². The molecule has 12 nitrogen and oxygen atoms in total. The number of aliphatic carboxylic acids is 1. The number of carbonyl (C=O) groups excluding carboxylic acids is 2. The number of hydrogen-bond acceptors (Lipinski definition) is 10. The van der Waals surface area contributed by atoms with Crippen molar-refractivity contribution < 1.29 is 38.4 Å². The summed E-state index contributed by atoms with van der Waals surface area (Å²) in [6.07, 6.45) is 8.85. The van der Waals surface area contributed by atoms with Crippen LogP contribution in [0.5, 0.6) is 11.5 Å². The molecule has 4 saturated heterocycles. The third kappa shape index (κ3) is 14.4. The lowest BCUT2D eigenvalue weighted by Crippen LogP contribution is -2.53. The summed E-state index contributed by atoms with van der Waals surface area (Å²) < 4.78 is 22.4. The van der Waals surface area contributed by atoms with E-state index < -0.39 is 17.2 Å². The number of halogens is 2. The smallest absolute Gasteiger partial charge is 0.410 e. The van der Waals surface area contributed by atoms with E-state index in [0.717, 1.165) is 93.0 Å². The van der Waals surface area contributed by atoms with Crippen LogP contribution in [-0.2, 0) is 32.2 Å². The second-order valence-electron chi connectivity index (χ2n) is 18.5. The fourth-order valence-corrected chi connectivity index (χ4v) is 8.85. The summed E-state index contributed by atoms with van der Waals surface area (Å²) in [7, 11) is 0. The number of rotatable bonds is 10. The van der Waals surface area contributed by atoms with Crippen LogP contribution in [0.15, 0.2) is 36.4 Å². The summed E-state index contributed by atoms with van der Waals surface area (Å²) in [5, 5.41) is 12.3. The van der Waals surface area contributed by atoms with E-state index in [1.807, 2.05) is 72.4 Å². The van der Waals surface area contributed by atoms with Crippen molar-refractivity contribution in [2.24, 2.45) is 0 Å². The van der Waals surface area contributed by atoms with Crippen molar-refractivity contribution in [2.75, 3.05) is 52.5 Å². The quantitative estimate of drug-likeness (QED) is 0.225. The summed E-state index contributed by atoms with van der Waals surface area (Å²) in [5.41, 5.74) is 3.74. The van der Waals surface area contributed by atoms with Crippen molar-refractivity contribution in [3.05, 3.63) is 58.7 Å². The third-order valence-corrected chi connectivity index (χ3v) is 11.6. The highest BCUT2D eigenvalue weighted by Crippen LogP contribution is 2.41. The van der Waals surface area contributed by atoms with Crippen LogP contribution in [0, 0.1) is 13.8 Å². The summed E-state index contributed by atoms with van der Waals surface area (Å²) in [6, 6.07) is 12.3. The van der Waals surface area contributed by atoms with E-state index in [9.17, 15) is 14.4 Å². The molecule has 6 rings (SSSR count). The van der Waals surface area contributed by atoms with E-state index in [2.05, 4.69) is 39.4 Å². The van der Waals surface area contributed by atoms with Crippen molar-refractivity contribution in [3.63, 3.8) is 0 Å². The van der Waals surface area contributed by atoms with Gasteiger partial charge < -0.3 is 34.3 Å². The van der Waals surface area contributed by atoms with E-state index in [4.69, 9.17) is 24.1 Å². The van der Waals surface area contributed by atoms with E-state index in [1.54, 1.807) is 0 Å². The topological polar surface area (TPSA) is 130 Å².